The van der Waals surface area contributed by atoms with Gasteiger partial charge in [-0.05, 0) is 18.6 Å². The first kappa shape index (κ1) is 19.6. The van der Waals surface area contributed by atoms with Crippen molar-refractivity contribution in [3.05, 3.63) is 46.6 Å². The van der Waals surface area contributed by atoms with Crippen molar-refractivity contribution in [3.63, 3.8) is 0 Å². The van der Waals surface area contributed by atoms with Crippen LogP contribution in [0.15, 0.2) is 29.0 Å². The third-order valence-corrected chi connectivity index (χ3v) is 5.55. The number of imidazole rings is 1. The SMILES string of the molecule is CCCCCCCc1noc(-c2ncn3c2CN(C)C(=O)c2c(Cl)cccc2-3)n1. The number of halogens is 1. The Morgan fingerprint density at radius 2 is 2.03 bits per heavy atom. The zero-order valence-electron chi connectivity index (χ0n) is 16.7. The molecule has 8 heteroatoms. The number of carbonyl (C=O) groups excluding carboxylic acids is 1. The summed E-state index contributed by atoms with van der Waals surface area (Å²) in [6.07, 6.45) is 8.41. The topological polar surface area (TPSA) is 77.0 Å². The number of fused-ring (bicyclic) bond motifs is 3. The number of carbonyl (C=O) groups is 1. The van der Waals surface area contributed by atoms with Gasteiger partial charge in [0, 0.05) is 13.5 Å². The number of aryl methyl sites for hydroxylation is 1. The van der Waals surface area contributed by atoms with Gasteiger partial charge >= 0.3 is 0 Å². The maximum absolute atomic E-state index is 12.8. The highest BCUT2D eigenvalue weighted by molar-refractivity contribution is 6.34. The molecule has 0 aliphatic carbocycles. The van der Waals surface area contributed by atoms with Crippen molar-refractivity contribution in [3.8, 4) is 17.3 Å². The zero-order chi connectivity index (χ0) is 20.4. The predicted molar refractivity (Wildman–Crippen MR) is 110 cm³/mol. The van der Waals surface area contributed by atoms with E-state index >= 15 is 0 Å². The third-order valence-electron chi connectivity index (χ3n) is 5.24. The van der Waals surface area contributed by atoms with Crippen LogP contribution in [0.5, 0.6) is 0 Å². The first-order valence-corrected chi connectivity index (χ1v) is 10.4. The van der Waals surface area contributed by atoms with Crippen molar-refractivity contribution >= 4 is 17.5 Å². The minimum atomic E-state index is -0.126. The minimum Gasteiger partial charge on any atom is -0.336 e. The van der Waals surface area contributed by atoms with Gasteiger partial charge in [-0.2, -0.15) is 4.98 Å². The molecule has 4 rings (SSSR count). The Kier molecular flexibility index (Phi) is 5.67. The quantitative estimate of drug-likeness (QED) is 0.526. The van der Waals surface area contributed by atoms with E-state index in [0.717, 1.165) is 18.5 Å². The van der Waals surface area contributed by atoms with Crippen LogP contribution < -0.4 is 0 Å². The van der Waals surface area contributed by atoms with E-state index in [1.165, 1.54) is 25.7 Å². The molecule has 0 fully saturated rings. The van der Waals surface area contributed by atoms with E-state index in [0.29, 0.717) is 40.2 Å². The van der Waals surface area contributed by atoms with Crippen molar-refractivity contribution in [2.45, 2.75) is 52.0 Å². The van der Waals surface area contributed by atoms with Crippen LogP contribution in [0, 0.1) is 0 Å². The lowest BCUT2D eigenvalue weighted by Crippen LogP contribution is -2.25. The monoisotopic (exact) mass is 413 g/mol. The maximum atomic E-state index is 12.8. The van der Waals surface area contributed by atoms with E-state index < -0.39 is 0 Å². The molecule has 0 unspecified atom stereocenters. The van der Waals surface area contributed by atoms with Gasteiger partial charge < -0.3 is 9.42 Å². The van der Waals surface area contributed by atoms with Crippen molar-refractivity contribution in [2.75, 3.05) is 7.05 Å². The molecule has 7 nitrogen and oxygen atoms in total. The molecule has 0 saturated carbocycles. The standard InChI is InChI=1S/C21H24ClN5O2/c1-3-4-5-6-7-11-17-24-20(29-25-17)19-16-12-26(2)21(28)18-14(22)9-8-10-15(18)27(16)13-23-19/h8-10,13H,3-7,11-12H2,1-2H3. The van der Waals surface area contributed by atoms with Gasteiger partial charge in [-0.25, -0.2) is 4.98 Å². The zero-order valence-corrected chi connectivity index (χ0v) is 17.4. The molecule has 1 amide bonds. The average Bonchev–Trinajstić information content (AvgIpc) is 3.31. The smallest absolute Gasteiger partial charge is 0.278 e. The Bertz CT molecular complexity index is 1030. The van der Waals surface area contributed by atoms with Crippen LogP contribution in [-0.4, -0.2) is 37.5 Å². The second-order valence-corrected chi connectivity index (χ2v) is 7.79. The number of hydrogen-bond acceptors (Lipinski definition) is 5. The summed E-state index contributed by atoms with van der Waals surface area (Å²) < 4.78 is 7.38. The van der Waals surface area contributed by atoms with E-state index in [-0.39, 0.29) is 5.91 Å². The van der Waals surface area contributed by atoms with E-state index in [2.05, 4.69) is 22.0 Å². The first-order chi connectivity index (χ1) is 14.1. The maximum Gasteiger partial charge on any atom is 0.278 e. The summed E-state index contributed by atoms with van der Waals surface area (Å²) in [6, 6.07) is 5.41. The van der Waals surface area contributed by atoms with Crippen LogP contribution >= 0.6 is 11.6 Å². The lowest BCUT2D eigenvalue weighted by molar-refractivity contribution is 0.0788. The van der Waals surface area contributed by atoms with E-state index in [1.54, 1.807) is 24.3 Å². The van der Waals surface area contributed by atoms with Gasteiger partial charge in [0.15, 0.2) is 11.5 Å². The van der Waals surface area contributed by atoms with E-state index in [1.807, 2.05) is 16.7 Å². The first-order valence-electron chi connectivity index (χ1n) is 10.0. The van der Waals surface area contributed by atoms with Gasteiger partial charge in [0.25, 0.3) is 11.8 Å². The third kappa shape index (κ3) is 3.79. The summed E-state index contributed by atoms with van der Waals surface area (Å²) in [4.78, 5) is 23.5. The summed E-state index contributed by atoms with van der Waals surface area (Å²) in [5.74, 6) is 0.951. The van der Waals surface area contributed by atoms with Crippen molar-refractivity contribution in [1.82, 2.24) is 24.6 Å². The lowest BCUT2D eigenvalue weighted by Gasteiger charge is -2.14. The molecule has 0 atom stereocenters. The summed E-state index contributed by atoms with van der Waals surface area (Å²) in [6.45, 7) is 2.57. The fraction of sp³-hybridized carbons (Fsp3) is 0.429. The normalized spacial score (nSPS) is 13.3. The fourth-order valence-corrected chi connectivity index (χ4v) is 3.91. The summed E-state index contributed by atoms with van der Waals surface area (Å²) in [5, 5.41) is 4.54. The summed E-state index contributed by atoms with van der Waals surface area (Å²) >= 11 is 6.33. The van der Waals surface area contributed by atoms with Gasteiger partial charge in [0.2, 0.25) is 0 Å². The molecule has 152 valence electrons. The molecule has 1 aliphatic rings. The minimum absolute atomic E-state index is 0.126. The van der Waals surface area contributed by atoms with Crippen molar-refractivity contribution in [1.29, 1.82) is 0 Å². The van der Waals surface area contributed by atoms with Crippen LogP contribution in [0.1, 0.15) is 60.9 Å². The summed E-state index contributed by atoms with van der Waals surface area (Å²) in [5.41, 5.74) is 2.59. The second kappa shape index (κ2) is 8.37. The lowest BCUT2D eigenvalue weighted by atomic mass is 10.1. The molecule has 0 radical (unpaired) electrons. The molecule has 0 bridgehead atoms. The molecule has 0 N–H and O–H groups in total. The molecule has 3 heterocycles. The predicted octanol–water partition coefficient (Wildman–Crippen LogP) is 4.67. The van der Waals surface area contributed by atoms with Crippen molar-refractivity contribution < 1.29 is 9.32 Å². The van der Waals surface area contributed by atoms with Gasteiger partial charge in [0.1, 0.15) is 6.33 Å². The van der Waals surface area contributed by atoms with Gasteiger partial charge in [-0.15, -0.1) is 0 Å². The Hall–Kier alpha value is -2.67. The Morgan fingerprint density at radius 3 is 2.86 bits per heavy atom. The number of nitrogens with zero attached hydrogens (tertiary/aromatic N) is 5. The van der Waals surface area contributed by atoms with Crippen LogP contribution in [0.4, 0.5) is 0 Å². The Labute approximate surface area is 174 Å². The van der Waals surface area contributed by atoms with Gasteiger partial charge in [-0.3, -0.25) is 9.36 Å². The number of hydrogen-bond donors (Lipinski definition) is 0. The molecule has 3 aromatic rings. The molecule has 29 heavy (non-hydrogen) atoms. The highest BCUT2D eigenvalue weighted by atomic mass is 35.5. The second-order valence-electron chi connectivity index (χ2n) is 7.39. The molecule has 2 aromatic heterocycles. The molecule has 1 aromatic carbocycles. The van der Waals surface area contributed by atoms with E-state index in [9.17, 15) is 4.79 Å². The number of unbranched alkanes of at least 4 members (excludes halogenated alkanes) is 4. The molecular weight excluding hydrogens is 390 g/mol. The number of amides is 1. The Morgan fingerprint density at radius 1 is 1.21 bits per heavy atom. The van der Waals surface area contributed by atoms with Gasteiger partial charge in [0.05, 0.1) is 28.5 Å². The molecular formula is C21H24ClN5O2. The molecule has 1 aliphatic heterocycles. The van der Waals surface area contributed by atoms with E-state index in [4.69, 9.17) is 16.1 Å². The highest BCUT2D eigenvalue weighted by Gasteiger charge is 2.29. The summed E-state index contributed by atoms with van der Waals surface area (Å²) in [7, 11) is 1.75. The van der Waals surface area contributed by atoms with Gasteiger partial charge in [-0.1, -0.05) is 55.4 Å². The highest BCUT2D eigenvalue weighted by Crippen LogP contribution is 2.32. The van der Waals surface area contributed by atoms with Crippen LogP contribution in [0.25, 0.3) is 17.3 Å². The van der Waals surface area contributed by atoms with Crippen molar-refractivity contribution in [2.24, 2.45) is 0 Å². The van der Waals surface area contributed by atoms with Crippen LogP contribution in [-0.2, 0) is 13.0 Å². The van der Waals surface area contributed by atoms with Crippen LogP contribution in [0.3, 0.4) is 0 Å². The Balaban J connectivity index is 1.62. The fourth-order valence-electron chi connectivity index (χ4n) is 3.66. The largest absolute Gasteiger partial charge is 0.336 e. The number of rotatable bonds is 7. The number of benzene rings is 1. The number of aromatic nitrogens is 4. The molecule has 0 spiro atoms. The van der Waals surface area contributed by atoms with Crippen LogP contribution in [0.2, 0.25) is 5.02 Å². The molecule has 0 saturated heterocycles. The average molecular weight is 414 g/mol.